The van der Waals surface area contributed by atoms with Crippen LogP contribution < -0.4 is 15.4 Å². The molecule has 1 aliphatic carbocycles. The van der Waals surface area contributed by atoms with Crippen LogP contribution in [0.3, 0.4) is 0 Å². The van der Waals surface area contributed by atoms with Gasteiger partial charge in [-0.05, 0) is 56.4 Å². The lowest BCUT2D eigenvalue weighted by Gasteiger charge is -2.39. The van der Waals surface area contributed by atoms with Crippen LogP contribution >= 0.6 is 11.8 Å². The minimum Gasteiger partial charge on any atom is -0.497 e. The van der Waals surface area contributed by atoms with Gasteiger partial charge in [0.2, 0.25) is 5.91 Å². The van der Waals surface area contributed by atoms with Crippen molar-refractivity contribution in [1.82, 2.24) is 10.6 Å². The molecule has 0 aromatic heterocycles. The van der Waals surface area contributed by atoms with E-state index in [0.717, 1.165) is 41.9 Å². The van der Waals surface area contributed by atoms with E-state index >= 15 is 0 Å². The molecule has 5 nitrogen and oxygen atoms in total. The van der Waals surface area contributed by atoms with Crippen LogP contribution in [-0.2, 0) is 9.59 Å². The number of benzene rings is 1. The van der Waals surface area contributed by atoms with E-state index in [9.17, 15) is 9.59 Å². The number of nitrogens with one attached hydrogen (secondary N) is 2. The van der Waals surface area contributed by atoms with Gasteiger partial charge >= 0.3 is 0 Å². The number of thioether (sulfide) groups is 1. The topological polar surface area (TPSA) is 67.4 Å². The fraction of sp³-hybridized carbons (Fsp3) is 0.524. The summed E-state index contributed by atoms with van der Waals surface area (Å²) in [5, 5.41) is 6.54. The molecule has 146 valence electrons. The second kappa shape index (κ2) is 8.83. The first-order chi connectivity index (χ1) is 13.0. The second-order valence-corrected chi connectivity index (χ2v) is 8.63. The Balaban J connectivity index is 1.63. The zero-order valence-corrected chi connectivity index (χ0v) is 17.0. The SMILES string of the molecule is CCC(C)NC(=O)C1CCC2S/C(=C/c3ccc(OC)cc3)C(=O)NC2C1. The van der Waals surface area contributed by atoms with E-state index in [2.05, 4.69) is 17.6 Å². The molecule has 1 saturated carbocycles. The Hall–Kier alpha value is -1.95. The molecule has 1 heterocycles. The molecular formula is C21H28N2O3S. The minimum absolute atomic E-state index is 0.00623. The average Bonchev–Trinajstić information content (AvgIpc) is 2.68. The third-order valence-corrected chi connectivity index (χ3v) is 6.82. The zero-order chi connectivity index (χ0) is 19.4. The highest BCUT2D eigenvalue weighted by Gasteiger charge is 2.39. The number of methoxy groups -OCH3 is 1. The van der Waals surface area contributed by atoms with E-state index in [0.29, 0.717) is 5.25 Å². The van der Waals surface area contributed by atoms with Crippen molar-refractivity contribution in [2.45, 2.75) is 56.9 Å². The maximum atomic E-state index is 12.6. The molecule has 2 N–H and O–H groups in total. The molecule has 4 atom stereocenters. The first-order valence-electron chi connectivity index (χ1n) is 9.63. The van der Waals surface area contributed by atoms with Gasteiger partial charge in [0.05, 0.1) is 12.0 Å². The number of hydrogen-bond acceptors (Lipinski definition) is 4. The van der Waals surface area contributed by atoms with Gasteiger partial charge in [-0.25, -0.2) is 0 Å². The van der Waals surface area contributed by atoms with Crippen LogP contribution in [0.2, 0.25) is 0 Å². The molecule has 3 rings (SSSR count). The molecule has 1 aromatic rings. The highest BCUT2D eigenvalue weighted by molar-refractivity contribution is 8.04. The van der Waals surface area contributed by atoms with Crippen molar-refractivity contribution < 1.29 is 14.3 Å². The van der Waals surface area contributed by atoms with Crippen molar-refractivity contribution in [3.05, 3.63) is 34.7 Å². The largest absolute Gasteiger partial charge is 0.497 e. The Morgan fingerprint density at radius 1 is 1.37 bits per heavy atom. The number of ether oxygens (including phenoxy) is 1. The van der Waals surface area contributed by atoms with Gasteiger partial charge in [0, 0.05) is 23.3 Å². The molecule has 1 saturated heterocycles. The van der Waals surface area contributed by atoms with E-state index in [1.54, 1.807) is 18.9 Å². The van der Waals surface area contributed by atoms with Gasteiger partial charge in [-0.1, -0.05) is 19.1 Å². The van der Waals surface area contributed by atoms with Gasteiger partial charge in [0.25, 0.3) is 5.91 Å². The molecule has 2 amide bonds. The summed E-state index contributed by atoms with van der Waals surface area (Å²) in [6.45, 7) is 4.09. The summed E-state index contributed by atoms with van der Waals surface area (Å²) in [7, 11) is 1.64. The molecule has 4 unspecified atom stereocenters. The summed E-state index contributed by atoms with van der Waals surface area (Å²) in [4.78, 5) is 25.7. The van der Waals surface area contributed by atoms with Gasteiger partial charge in [-0.3, -0.25) is 9.59 Å². The van der Waals surface area contributed by atoms with Gasteiger partial charge in [-0.15, -0.1) is 11.8 Å². The normalized spacial score (nSPS) is 27.4. The Labute approximate surface area is 165 Å². The third-order valence-electron chi connectivity index (χ3n) is 5.39. The lowest BCUT2D eigenvalue weighted by molar-refractivity contribution is -0.127. The molecule has 2 aliphatic rings. The molecule has 27 heavy (non-hydrogen) atoms. The molecule has 2 fully saturated rings. The lowest BCUT2D eigenvalue weighted by Crippen LogP contribution is -2.52. The maximum absolute atomic E-state index is 12.6. The first kappa shape index (κ1) is 19.8. The number of carbonyl (C=O) groups is 2. The van der Waals surface area contributed by atoms with Crippen LogP contribution in [0.1, 0.15) is 45.1 Å². The molecule has 0 spiro atoms. The smallest absolute Gasteiger partial charge is 0.257 e. The predicted molar refractivity (Wildman–Crippen MR) is 110 cm³/mol. The Bertz CT molecular complexity index is 717. The van der Waals surface area contributed by atoms with E-state index in [-0.39, 0.29) is 29.8 Å². The van der Waals surface area contributed by atoms with Crippen molar-refractivity contribution in [2.24, 2.45) is 5.92 Å². The zero-order valence-electron chi connectivity index (χ0n) is 16.2. The van der Waals surface area contributed by atoms with Gasteiger partial charge < -0.3 is 15.4 Å². The Morgan fingerprint density at radius 2 is 2.11 bits per heavy atom. The Kier molecular flexibility index (Phi) is 6.47. The van der Waals surface area contributed by atoms with Crippen LogP contribution in [0, 0.1) is 5.92 Å². The van der Waals surface area contributed by atoms with Crippen LogP contribution in [0.15, 0.2) is 29.2 Å². The minimum atomic E-state index is -0.0416. The van der Waals surface area contributed by atoms with Crippen LogP contribution in [0.4, 0.5) is 0 Å². The lowest BCUT2D eigenvalue weighted by atomic mass is 9.84. The number of fused-ring (bicyclic) bond motifs is 1. The van der Waals surface area contributed by atoms with E-state index < -0.39 is 0 Å². The van der Waals surface area contributed by atoms with Crippen molar-refractivity contribution in [1.29, 1.82) is 0 Å². The summed E-state index contributed by atoms with van der Waals surface area (Å²) >= 11 is 1.65. The van der Waals surface area contributed by atoms with Gasteiger partial charge in [-0.2, -0.15) is 0 Å². The first-order valence-corrected chi connectivity index (χ1v) is 10.5. The summed E-state index contributed by atoms with van der Waals surface area (Å²) in [6, 6.07) is 7.94. The molecule has 0 bridgehead atoms. The summed E-state index contributed by atoms with van der Waals surface area (Å²) in [5.74, 6) is 0.877. The molecule has 0 radical (unpaired) electrons. The summed E-state index contributed by atoms with van der Waals surface area (Å²) in [6.07, 6.45) is 5.39. The Morgan fingerprint density at radius 3 is 2.78 bits per heavy atom. The number of carbonyl (C=O) groups excluding carboxylic acids is 2. The van der Waals surface area contributed by atoms with Crippen molar-refractivity contribution >= 4 is 29.7 Å². The van der Waals surface area contributed by atoms with E-state index in [1.807, 2.05) is 37.3 Å². The summed E-state index contributed by atoms with van der Waals surface area (Å²) < 4.78 is 5.17. The molecule has 6 heteroatoms. The highest BCUT2D eigenvalue weighted by Crippen LogP contribution is 2.40. The fourth-order valence-corrected chi connectivity index (χ4v) is 4.84. The fourth-order valence-electron chi connectivity index (χ4n) is 3.54. The van der Waals surface area contributed by atoms with E-state index in [1.165, 1.54) is 0 Å². The van der Waals surface area contributed by atoms with Crippen molar-refractivity contribution in [3.8, 4) is 5.75 Å². The van der Waals surface area contributed by atoms with Crippen LogP contribution in [0.5, 0.6) is 5.75 Å². The monoisotopic (exact) mass is 388 g/mol. The van der Waals surface area contributed by atoms with Gasteiger partial charge in [0.1, 0.15) is 5.75 Å². The highest BCUT2D eigenvalue weighted by atomic mass is 32.2. The standard InChI is InChI=1S/C21H28N2O3S/c1-4-13(2)22-20(24)15-7-10-18-17(12-15)23-21(25)19(27-18)11-14-5-8-16(26-3)9-6-14/h5-6,8-9,11,13,15,17-18H,4,7,10,12H2,1-3H3,(H,22,24)(H,23,25)/b19-11+. The second-order valence-electron chi connectivity index (χ2n) is 7.35. The number of rotatable bonds is 5. The van der Waals surface area contributed by atoms with Crippen LogP contribution in [-0.4, -0.2) is 36.3 Å². The van der Waals surface area contributed by atoms with Crippen molar-refractivity contribution in [2.75, 3.05) is 7.11 Å². The summed E-state index contributed by atoms with van der Waals surface area (Å²) in [5.41, 5.74) is 0.980. The average molecular weight is 389 g/mol. The molecular weight excluding hydrogens is 360 g/mol. The number of amides is 2. The van der Waals surface area contributed by atoms with Gasteiger partial charge in [0.15, 0.2) is 0 Å². The number of hydrogen-bond donors (Lipinski definition) is 2. The van der Waals surface area contributed by atoms with E-state index in [4.69, 9.17) is 4.74 Å². The van der Waals surface area contributed by atoms with Crippen LogP contribution in [0.25, 0.3) is 6.08 Å². The molecule has 1 aromatic carbocycles. The maximum Gasteiger partial charge on any atom is 0.257 e. The van der Waals surface area contributed by atoms with Crippen molar-refractivity contribution in [3.63, 3.8) is 0 Å². The third kappa shape index (κ3) is 4.86. The quantitative estimate of drug-likeness (QED) is 0.759. The predicted octanol–water partition coefficient (Wildman–Crippen LogP) is 3.35. The molecule has 1 aliphatic heterocycles.